The van der Waals surface area contributed by atoms with E-state index in [1.165, 1.54) is 0 Å². The van der Waals surface area contributed by atoms with E-state index in [0.29, 0.717) is 12.2 Å². The predicted molar refractivity (Wildman–Crippen MR) is 440 cm³/mol. The Morgan fingerprint density at radius 3 is 1.00 bits per heavy atom. The summed E-state index contributed by atoms with van der Waals surface area (Å²) < 4.78 is 173. The molecule has 0 N–H and O–H groups in total. The zero-order valence-electron chi connectivity index (χ0n) is 66.7. The minimum atomic E-state index is -10.7. The summed E-state index contributed by atoms with van der Waals surface area (Å²) in [6, 6.07) is 90.2. The Bertz CT molecular complexity index is 4500. The van der Waals surface area contributed by atoms with Gasteiger partial charge in [0.05, 0.1) is 86.3 Å². The van der Waals surface area contributed by atoms with Crippen LogP contribution in [0.25, 0.3) is 0 Å². The van der Waals surface area contributed by atoms with Crippen LogP contribution in [0.2, 0.25) is 0 Å². The molecule has 4 heterocycles. The first-order valence-electron chi connectivity index (χ1n) is 40.2. The quantitative estimate of drug-likeness (QED) is 0.0116. The molecule has 0 saturated carbocycles. The number of unbranched alkanes of at least 4 members (excludes halogenated alkanes) is 2. The van der Waals surface area contributed by atoms with Crippen LogP contribution in [0.5, 0.6) is 0 Å². The van der Waals surface area contributed by atoms with Crippen LogP contribution in [0, 0.1) is 0 Å². The van der Waals surface area contributed by atoms with Crippen LogP contribution in [-0.4, -0.2) is 127 Å². The second-order valence-corrected chi connectivity index (χ2v) is 32.7. The number of carbonyl (C=O) groups excluding carboxylic acids is 1. The van der Waals surface area contributed by atoms with Gasteiger partial charge in [-0.15, -0.1) is 11.8 Å². The summed E-state index contributed by atoms with van der Waals surface area (Å²) >= 11 is 1.59. The number of benzene rings is 9. The Morgan fingerprint density at radius 2 is 0.664 bits per heavy atom. The van der Waals surface area contributed by atoms with Crippen molar-refractivity contribution < 1.29 is 106 Å². The Kier molecular flexibility index (Phi) is 33.8. The van der Waals surface area contributed by atoms with Gasteiger partial charge >= 0.3 is 39.0 Å². The number of esters is 1. The summed E-state index contributed by atoms with van der Waals surface area (Å²) in [5.74, 6) is 0.309. The zero-order chi connectivity index (χ0) is 83.0. The first kappa shape index (κ1) is 89.7. The third kappa shape index (κ3) is 30.5. The number of thioether (sulfide) groups is 1. The second-order valence-electron chi connectivity index (χ2n) is 29.4. The molecule has 9 aromatic carbocycles. The Labute approximate surface area is 696 Å². The fraction of sp³-hybridized carbons (Fsp3) is 0.376. The molecule has 636 valence electrons. The summed E-state index contributed by atoms with van der Waals surface area (Å²) in [6.07, 6.45) is -5.42. The SMILES string of the molecule is CCS[C@@H]1O[C@H](COC(=O)CCCCCn2cc[n+](C)c2)[C@@H](O[C@H]2O[C@H](COCc3ccccc3)[C@@H](O[C@H]3O[C@H](COCc4ccccc4)[C@@H](OCc4ccccc4)[C@H](OCc4ccccc4)[C@H]3OCc3ccccc3)[C@H](OCc3ccccc3)[C@H]2OCc2ccccc2)[C@H](OCc2ccccc2)[C@H]1OCc1ccccc1.F[P-](F)(F)(F)(F)F. The zero-order valence-corrected chi connectivity index (χ0v) is 68.4. The molecule has 15 atom stereocenters. The fourth-order valence-corrected chi connectivity index (χ4v) is 15.2. The Balaban J connectivity index is 0.00000178. The molecule has 3 aliphatic heterocycles. The number of ether oxygens (including phenoxy) is 15. The van der Waals surface area contributed by atoms with Gasteiger partial charge in [-0.2, -0.15) is 0 Å². The average Bonchev–Trinajstić information content (AvgIpc) is 1.06. The van der Waals surface area contributed by atoms with E-state index in [-0.39, 0.29) is 91.7 Å². The van der Waals surface area contributed by atoms with Gasteiger partial charge in [0.15, 0.2) is 12.6 Å². The Hall–Kier alpha value is -8.54. The van der Waals surface area contributed by atoms with Gasteiger partial charge in [0.25, 0.3) is 0 Å². The van der Waals surface area contributed by atoms with Crippen molar-refractivity contribution in [2.24, 2.45) is 7.05 Å². The number of hydrogen-bond acceptors (Lipinski definition) is 17. The summed E-state index contributed by atoms with van der Waals surface area (Å²) in [5.41, 5.74) is 7.76. The van der Waals surface area contributed by atoms with Gasteiger partial charge < -0.3 is 71.1 Å². The predicted octanol–water partition coefficient (Wildman–Crippen LogP) is 19.0. The standard InChI is InChI=1S/C93H105N2O16S.F6P/c1-3-112-93-90(106-64-77-50-30-12-31-51-77)87(103-61-74-44-24-9-25-45-74)84(80(109-93)67-99-81(96)52-32-13-33-53-95-55-54-94(2)68-95)111-92-89(105-63-76-48-28-11-29-49-76)86(102-60-73-42-22-8-23-43-73)83(79(108-92)66-98-57-70-36-16-5-17-37-70)110-91-88(104-62-75-46-26-10-27-47-75)85(101-59-72-40-20-7-21-41-72)82(100-58-71-38-18-6-19-39-71)78(107-91)65-97-56-69-34-14-4-15-35-69;1-7(2,3,4,5)6/h4-12,14-31,34-51,54-55,68,78-80,82-93H,3,13,32-33,52-53,56-67H2,1-2H3;/q+1;-1/t78-,79-,80-,82-,83-,84-,85+,86+,87+,88-,89-,90-,91-,92-,93+;/m1./s1. The van der Waals surface area contributed by atoms with E-state index in [1.807, 2.05) is 291 Å². The van der Waals surface area contributed by atoms with Crippen LogP contribution in [-0.2, 0) is 149 Å². The van der Waals surface area contributed by atoms with Gasteiger partial charge in [0.2, 0.25) is 6.33 Å². The van der Waals surface area contributed by atoms with Crippen molar-refractivity contribution in [1.29, 1.82) is 0 Å². The van der Waals surface area contributed by atoms with E-state index in [4.69, 9.17) is 71.1 Å². The number of halogens is 6. The molecule has 0 unspecified atom stereocenters. The van der Waals surface area contributed by atoms with Gasteiger partial charge in [-0.3, -0.25) is 4.79 Å². The molecule has 0 radical (unpaired) electrons. The monoisotopic (exact) mass is 1680 g/mol. The number of rotatable bonds is 43. The van der Waals surface area contributed by atoms with Crippen molar-refractivity contribution >= 4 is 25.5 Å². The van der Waals surface area contributed by atoms with Crippen molar-refractivity contribution in [3.8, 4) is 0 Å². The number of carbonyl (C=O) groups is 1. The topological polar surface area (TPSA) is 164 Å². The van der Waals surface area contributed by atoms with Crippen molar-refractivity contribution in [3.05, 3.63) is 342 Å². The third-order valence-corrected chi connectivity index (χ3v) is 21.0. The van der Waals surface area contributed by atoms with Crippen LogP contribution < -0.4 is 4.57 Å². The molecular weight excluding hydrogens is 1580 g/mol. The van der Waals surface area contributed by atoms with E-state index in [9.17, 15) is 30.0 Å². The van der Waals surface area contributed by atoms with Crippen LogP contribution in [0.15, 0.2) is 292 Å². The molecule has 3 aliphatic rings. The molecule has 13 rings (SSSR count). The number of imidazole rings is 1. The van der Waals surface area contributed by atoms with Crippen LogP contribution in [0.3, 0.4) is 0 Å². The number of nitrogens with zero attached hydrogens (tertiary/aromatic N) is 2. The summed E-state index contributed by atoms with van der Waals surface area (Å²) in [7, 11) is -8.65. The third-order valence-electron chi connectivity index (χ3n) is 20.0. The van der Waals surface area contributed by atoms with Crippen molar-refractivity contribution in [3.63, 3.8) is 0 Å². The molecule has 3 saturated heterocycles. The van der Waals surface area contributed by atoms with E-state index in [0.717, 1.165) is 69.5 Å². The molecule has 0 aliphatic carbocycles. The molecule has 26 heteroatoms. The summed E-state index contributed by atoms with van der Waals surface area (Å²) in [5, 5.41) is 0. The number of hydrogen-bond donors (Lipinski definition) is 0. The van der Waals surface area contributed by atoms with E-state index >= 15 is 0 Å². The maximum atomic E-state index is 14.3. The van der Waals surface area contributed by atoms with E-state index in [1.54, 1.807) is 11.8 Å². The van der Waals surface area contributed by atoms with E-state index < -0.39 is 99.1 Å². The van der Waals surface area contributed by atoms with Gasteiger partial charge in [0.1, 0.15) is 97.7 Å². The molecule has 1 aromatic heterocycles. The average molecular weight is 1680 g/mol. The van der Waals surface area contributed by atoms with Gasteiger partial charge in [-0.1, -0.05) is 280 Å². The molecule has 18 nitrogen and oxygen atoms in total. The van der Waals surface area contributed by atoms with Gasteiger partial charge in [-0.25, -0.2) is 9.13 Å². The van der Waals surface area contributed by atoms with Crippen molar-refractivity contribution in [2.45, 2.75) is 190 Å². The minimum absolute atomic E-state index is 0.0587. The first-order chi connectivity index (χ1) is 57.8. The molecular formula is C93H105F6N2O16PS. The van der Waals surface area contributed by atoms with Crippen molar-refractivity contribution in [1.82, 2.24) is 4.57 Å². The summed E-state index contributed by atoms with van der Waals surface area (Å²) in [4.78, 5) is 14.3. The Morgan fingerprint density at radius 1 is 0.370 bits per heavy atom. The first-order valence-corrected chi connectivity index (χ1v) is 43.3. The number of aryl methyl sites for hydroxylation is 2. The van der Waals surface area contributed by atoms with Crippen molar-refractivity contribution in [2.75, 3.05) is 25.6 Å². The molecule has 0 amide bonds. The van der Waals surface area contributed by atoms with Crippen LogP contribution >= 0.6 is 19.6 Å². The van der Waals surface area contributed by atoms with Crippen LogP contribution in [0.1, 0.15) is 82.7 Å². The van der Waals surface area contributed by atoms with Crippen LogP contribution in [0.4, 0.5) is 25.2 Å². The number of aromatic nitrogens is 2. The fourth-order valence-electron chi connectivity index (χ4n) is 14.2. The maximum absolute atomic E-state index is 14.3. The van der Waals surface area contributed by atoms with E-state index in [2.05, 4.69) is 24.0 Å². The molecule has 10 aromatic rings. The molecule has 0 bridgehead atoms. The second kappa shape index (κ2) is 44.8. The molecule has 3 fully saturated rings. The normalized spacial score (nSPS) is 23.8. The molecule has 119 heavy (non-hydrogen) atoms. The van der Waals surface area contributed by atoms with Gasteiger partial charge in [-0.05, 0) is 75.1 Å². The molecule has 0 spiro atoms. The summed E-state index contributed by atoms with van der Waals surface area (Å²) in [6.45, 7) is 4.38. The van der Waals surface area contributed by atoms with Gasteiger partial charge in [0, 0.05) is 6.42 Å².